The molecule has 156 valence electrons. The Hall–Kier alpha value is -2.78. The van der Waals surface area contributed by atoms with E-state index < -0.39 is 0 Å². The fourth-order valence-corrected chi connectivity index (χ4v) is 2.73. The first-order chi connectivity index (χ1) is 13.7. The number of allylic oxidation sites excluding steroid dienone is 3. The van der Waals surface area contributed by atoms with Gasteiger partial charge in [-0.25, -0.2) is 4.99 Å². The molecule has 29 heavy (non-hydrogen) atoms. The molecule has 1 aromatic rings. The first kappa shape index (κ1) is 26.2. The highest BCUT2D eigenvalue weighted by Crippen LogP contribution is 2.13. The number of hydrogen-bond acceptors (Lipinski definition) is 3. The van der Waals surface area contributed by atoms with E-state index in [1.807, 2.05) is 31.4 Å². The Morgan fingerprint density at radius 2 is 2.14 bits per heavy atom. The van der Waals surface area contributed by atoms with Crippen LogP contribution in [0.3, 0.4) is 0 Å². The van der Waals surface area contributed by atoms with Crippen LogP contribution in [0, 0.1) is 25.2 Å². The van der Waals surface area contributed by atoms with Crippen molar-refractivity contribution in [2.45, 2.75) is 39.0 Å². The Morgan fingerprint density at radius 3 is 2.66 bits per heavy atom. The van der Waals surface area contributed by atoms with E-state index in [1.54, 1.807) is 20.0 Å². The molecular weight excluding hydrogens is 380 g/mol. The molecule has 3 N–H and O–H groups in total. The van der Waals surface area contributed by atoms with Gasteiger partial charge in [0, 0.05) is 24.2 Å². The van der Waals surface area contributed by atoms with Gasteiger partial charge in [-0.15, -0.1) is 24.8 Å². The second-order valence-electron chi connectivity index (χ2n) is 6.40. The third-order valence-corrected chi connectivity index (χ3v) is 4.57. The van der Waals surface area contributed by atoms with Gasteiger partial charge in [0.25, 0.3) is 0 Å². The predicted octanol–water partition coefficient (Wildman–Crippen LogP) is 4.49. The zero-order chi connectivity index (χ0) is 22.4. The fraction of sp³-hybridized carbons (Fsp3) is 0.348. The quantitative estimate of drug-likeness (QED) is 0.173. The number of nitrogens with zero attached hydrogens (tertiary/aromatic N) is 2. The highest BCUT2D eigenvalue weighted by Gasteiger charge is 2.05. The summed E-state index contributed by atoms with van der Waals surface area (Å²) in [5.41, 5.74) is 7.82. The highest BCUT2D eigenvalue weighted by atomic mass is 32.2. The largest absolute Gasteiger partial charge is 0.387 e. The lowest BCUT2D eigenvalue weighted by Gasteiger charge is -2.08. The molecule has 0 amide bonds. The summed E-state index contributed by atoms with van der Waals surface area (Å²) in [5, 5.41) is 0. The van der Waals surface area contributed by atoms with E-state index >= 15 is 0 Å². The van der Waals surface area contributed by atoms with Crippen LogP contribution in [0.15, 0.2) is 62.8 Å². The second-order valence-corrected chi connectivity index (χ2v) is 7.21. The standard InChI is InChI=1S/C14H23N3.C9H9NOS/c1-6-7-8-9-11(2)12(3)10-16-14(5)17-13(4)15;1-4-7-9(12-3)8(11)6(2)5-10-7/h6,8-9,12H,1-2,7,10H2,3-5H3,(H2,15,16,17);1,5H,2-3H3,(H,10,11). The summed E-state index contributed by atoms with van der Waals surface area (Å²) >= 11 is 1.37. The molecule has 0 saturated carbocycles. The number of nitrogens with one attached hydrogen (secondary N) is 1. The Balaban J connectivity index is 0.000000571. The maximum atomic E-state index is 11.4. The minimum Gasteiger partial charge on any atom is -0.387 e. The summed E-state index contributed by atoms with van der Waals surface area (Å²) in [6, 6.07) is 0. The van der Waals surface area contributed by atoms with Crippen LogP contribution in [-0.4, -0.2) is 29.5 Å². The van der Waals surface area contributed by atoms with Gasteiger partial charge >= 0.3 is 0 Å². The van der Waals surface area contributed by atoms with Crippen LogP contribution in [0.2, 0.25) is 0 Å². The van der Waals surface area contributed by atoms with Crippen molar-refractivity contribution < 1.29 is 0 Å². The van der Waals surface area contributed by atoms with E-state index in [0.29, 0.717) is 40.3 Å². The molecule has 0 radical (unpaired) electrons. The third kappa shape index (κ3) is 10.4. The number of amidine groups is 2. The molecule has 0 aliphatic rings. The SMILES string of the molecule is C#Cc1[nH]cc(C)c(=O)c1SC.C=CCC=CC(=C)C(C)CN=C(C)N=C(C)N. The molecule has 0 bridgehead atoms. The average molecular weight is 413 g/mol. The van der Waals surface area contributed by atoms with Crippen molar-refractivity contribution in [1.82, 2.24) is 4.98 Å². The molecule has 0 aliphatic heterocycles. The number of rotatable bonds is 7. The fourth-order valence-electron chi connectivity index (χ4n) is 2.06. The summed E-state index contributed by atoms with van der Waals surface area (Å²) in [6.07, 6.45) is 15.5. The van der Waals surface area contributed by atoms with Crippen LogP contribution >= 0.6 is 11.8 Å². The summed E-state index contributed by atoms with van der Waals surface area (Å²) in [4.78, 5) is 23.4. The first-order valence-electron chi connectivity index (χ1n) is 9.18. The van der Waals surface area contributed by atoms with Crippen molar-refractivity contribution in [2.24, 2.45) is 21.6 Å². The van der Waals surface area contributed by atoms with Gasteiger partial charge in [-0.3, -0.25) is 9.79 Å². The molecule has 0 spiro atoms. The second kappa shape index (κ2) is 14.3. The number of aromatic amines is 1. The number of hydrogen-bond donors (Lipinski definition) is 2. The number of terminal acetylenes is 1. The number of nitrogens with two attached hydrogens (primary N) is 1. The molecular formula is C23H32N4OS. The summed E-state index contributed by atoms with van der Waals surface area (Å²) in [7, 11) is 0. The van der Waals surface area contributed by atoms with Crippen molar-refractivity contribution >= 4 is 23.4 Å². The van der Waals surface area contributed by atoms with Gasteiger partial charge in [0.1, 0.15) is 11.5 Å². The normalized spacial score (nSPS) is 12.7. The first-order valence-corrected chi connectivity index (χ1v) is 10.4. The summed E-state index contributed by atoms with van der Waals surface area (Å²) in [5.74, 6) is 3.98. The molecule has 1 aromatic heterocycles. The predicted molar refractivity (Wildman–Crippen MR) is 129 cm³/mol. The molecule has 0 fully saturated rings. The highest BCUT2D eigenvalue weighted by molar-refractivity contribution is 7.98. The van der Waals surface area contributed by atoms with Gasteiger partial charge in [0.05, 0.1) is 10.7 Å². The van der Waals surface area contributed by atoms with E-state index in [2.05, 4.69) is 41.0 Å². The van der Waals surface area contributed by atoms with Gasteiger partial charge in [0.15, 0.2) is 5.43 Å². The molecule has 0 saturated heterocycles. The average Bonchev–Trinajstić information content (AvgIpc) is 2.68. The zero-order valence-corrected chi connectivity index (χ0v) is 18.9. The maximum absolute atomic E-state index is 11.4. The Bertz CT molecular complexity index is 881. The lowest BCUT2D eigenvalue weighted by atomic mass is 10.0. The van der Waals surface area contributed by atoms with Crippen molar-refractivity contribution in [3.8, 4) is 12.3 Å². The van der Waals surface area contributed by atoms with Crippen LogP contribution in [0.1, 0.15) is 38.4 Å². The third-order valence-electron chi connectivity index (χ3n) is 3.77. The van der Waals surface area contributed by atoms with Gasteiger partial charge < -0.3 is 10.7 Å². The van der Waals surface area contributed by atoms with Crippen molar-refractivity contribution in [2.75, 3.05) is 12.8 Å². The smallest absolute Gasteiger partial charge is 0.199 e. The van der Waals surface area contributed by atoms with Crippen molar-refractivity contribution in [1.29, 1.82) is 0 Å². The molecule has 0 aromatic carbocycles. The van der Waals surface area contributed by atoms with Crippen LogP contribution in [0.5, 0.6) is 0 Å². The zero-order valence-electron chi connectivity index (χ0n) is 18.1. The van der Waals surface area contributed by atoms with Gasteiger partial charge in [-0.2, -0.15) is 0 Å². The van der Waals surface area contributed by atoms with Crippen molar-refractivity contribution in [3.63, 3.8) is 0 Å². The number of thioether (sulfide) groups is 1. The van der Waals surface area contributed by atoms with Gasteiger partial charge in [0.2, 0.25) is 0 Å². The van der Waals surface area contributed by atoms with E-state index in [9.17, 15) is 4.79 Å². The monoisotopic (exact) mass is 412 g/mol. The molecule has 0 aliphatic carbocycles. The van der Waals surface area contributed by atoms with Gasteiger partial charge in [-0.05, 0) is 33.4 Å². The number of pyridine rings is 1. The molecule has 1 atom stereocenters. The molecule has 1 unspecified atom stereocenters. The van der Waals surface area contributed by atoms with Crippen molar-refractivity contribution in [3.05, 3.63) is 64.6 Å². The van der Waals surface area contributed by atoms with E-state index in [1.165, 1.54) is 11.8 Å². The Morgan fingerprint density at radius 1 is 1.48 bits per heavy atom. The van der Waals surface area contributed by atoms with E-state index in [4.69, 9.17) is 12.2 Å². The Kier molecular flexibility index (Phi) is 12.9. The number of aliphatic imine (C=N–C) groups is 2. The topological polar surface area (TPSA) is 83.6 Å². The Labute approximate surface area is 179 Å². The van der Waals surface area contributed by atoms with Crippen LogP contribution in [0.25, 0.3) is 0 Å². The maximum Gasteiger partial charge on any atom is 0.199 e. The number of H-pyrrole nitrogens is 1. The lowest BCUT2D eigenvalue weighted by Crippen LogP contribution is -2.10. The van der Waals surface area contributed by atoms with E-state index in [-0.39, 0.29) is 5.43 Å². The minimum absolute atomic E-state index is 0.0224. The molecule has 1 rings (SSSR count). The van der Waals surface area contributed by atoms with Gasteiger partial charge in [-0.1, -0.05) is 43.2 Å². The number of aryl methyl sites for hydroxylation is 1. The van der Waals surface area contributed by atoms with Crippen LogP contribution in [-0.2, 0) is 0 Å². The van der Waals surface area contributed by atoms with Crippen LogP contribution in [0.4, 0.5) is 0 Å². The lowest BCUT2D eigenvalue weighted by molar-refractivity contribution is 0.713. The number of aromatic nitrogens is 1. The minimum atomic E-state index is 0.0224. The molecule has 1 heterocycles. The molecule has 5 nitrogen and oxygen atoms in total. The van der Waals surface area contributed by atoms with Crippen LogP contribution < -0.4 is 11.2 Å². The molecule has 6 heteroatoms. The summed E-state index contributed by atoms with van der Waals surface area (Å²) in [6.45, 7) is 15.8. The van der Waals surface area contributed by atoms with E-state index in [0.717, 1.165) is 12.0 Å². The summed E-state index contributed by atoms with van der Waals surface area (Å²) < 4.78 is 0.